The van der Waals surface area contributed by atoms with Crippen LogP contribution in [-0.4, -0.2) is 73.2 Å². The first-order valence-electron chi connectivity index (χ1n) is 17.9. The molecule has 43 heavy (non-hydrogen) atoms. The van der Waals surface area contributed by atoms with Crippen molar-refractivity contribution in [2.24, 2.45) is 47.3 Å². The normalized spacial score (nSPS) is 53.6. The molecule has 9 fully saturated rings. The van der Waals surface area contributed by atoms with Crippen LogP contribution in [0.1, 0.15) is 103 Å². The van der Waals surface area contributed by atoms with Crippen molar-refractivity contribution in [2.45, 2.75) is 152 Å². The van der Waals surface area contributed by atoms with Crippen molar-refractivity contribution in [3.8, 4) is 0 Å². The molecule has 4 aliphatic carbocycles. The van der Waals surface area contributed by atoms with Gasteiger partial charge in [-0.15, -0.1) is 0 Å². The molecule has 8 atom stereocenters. The van der Waals surface area contributed by atoms with E-state index in [-0.39, 0.29) is 34.9 Å². The topological polar surface area (TPSA) is 153 Å². The molecule has 0 spiro atoms. The number of rotatable bonds is 0. The average Bonchev–Trinajstić information content (AvgIpc) is 3.73. The molecule has 5 heterocycles. The number of fused-ring (bicyclic) bond motifs is 20. The maximum atomic E-state index is 4.26. The number of nitrogens with one attached hydrogen (secondary N) is 8. The molecular formula is C32H56N8O2Sn. The smallest absolute Gasteiger partial charge is 2.00 e. The fourth-order valence-electron chi connectivity index (χ4n) is 12.0. The monoisotopic (exact) mass is 704 g/mol. The second-order valence-electron chi connectivity index (χ2n) is 15.6. The maximum Gasteiger partial charge on any atom is 4.00 e. The van der Waals surface area contributed by atoms with Gasteiger partial charge < -0.3 is 11.0 Å². The summed E-state index contributed by atoms with van der Waals surface area (Å²) in [5, 5.41) is 33.8. The Hall–Kier alpha value is 0.399. The van der Waals surface area contributed by atoms with Gasteiger partial charge in [-0.3, -0.25) is 42.5 Å². The molecule has 10 nitrogen and oxygen atoms in total. The largest absolute Gasteiger partial charge is 4.00 e. The molecule has 0 amide bonds. The van der Waals surface area contributed by atoms with Crippen molar-refractivity contribution in [3.63, 3.8) is 0 Å². The molecule has 0 aromatic carbocycles. The first-order valence-corrected chi connectivity index (χ1v) is 17.9. The fourth-order valence-corrected chi connectivity index (χ4v) is 12.0. The summed E-state index contributed by atoms with van der Waals surface area (Å²) in [5.41, 5.74) is 0. The van der Waals surface area contributed by atoms with Crippen LogP contribution in [0.15, 0.2) is 0 Å². The van der Waals surface area contributed by atoms with Gasteiger partial charge in [-0.2, -0.15) is 0 Å². The van der Waals surface area contributed by atoms with E-state index in [0.29, 0.717) is 49.3 Å². The van der Waals surface area contributed by atoms with Crippen molar-refractivity contribution in [1.82, 2.24) is 42.5 Å². The van der Waals surface area contributed by atoms with Crippen molar-refractivity contribution in [1.29, 1.82) is 0 Å². The molecule has 11 heteroatoms. The van der Waals surface area contributed by atoms with Crippen LogP contribution in [-0.2, 0) is 11.0 Å². The first kappa shape index (κ1) is 33.3. The predicted octanol–water partition coefficient (Wildman–Crippen LogP) is 1.99. The van der Waals surface area contributed by atoms with Crippen LogP contribution in [0.5, 0.6) is 0 Å². The maximum absolute atomic E-state index is 4.26. The third-order valence-electron chi connectivity index (χ3n) is 13.8. The number of hydrogen-bond acceptors (Lipinski definition) is 8. The summed E-state index contributed by atoms with van der Waals surface area (Å²) in [4.78, 5) is 0. The summed E-state index contributed by atoms with van der Waals surface area (Å²) < 4.78 is 0. The van der Waals surface area contributed by atoms with Crippen molar-refractivity contribution in [3.05, 3.63) is 0 Å². The van der Waals surface area contributed by atoms with E-state index in [9.17, 15) is 0 Å². The zero-order valence-corrected chi connectivity index (χ0v) is 28.7. The Bertz CT molecular complexity index is 728. The Morgan fingerprint density at radius 3 is 0.465 bits per heavy atom. The van der Waals surface area contributed by atoms with E-state index >= 15 is 0 Å². The molecule has 0 aromatic rings. The van der Waals surface area contributed by atoms with E-state index in [1.165, 1.54) is 103 Å². The van der Waals surface area contributed by atoms with E-state index in [2.05, 4.69) is 42.5 Å². The van der Waals surface area contributed by atoms with Gasteiger partial charge in [-0.1, -0.05) is 51.4 Å². The molecule has 9 aliphatic rings. The van der Waals surface area contributed by atoms with Gasteiger partial charge in [0.2, 0.25) is 0 Å². The molecule has 8 N–H and O–H groups in total. The Kier molecular flexibility index (Phi) is 10.7. The van der Waals surface area contributed by atoms with Gasteiger partial charge >= 0.3 is 23.9 Å². The second kappa shape index (κ2) is 13.9. The SMILES string of the molecule is C1CCC2C3NC(NC4NC(NC5NC(NC6NC(N3)C3CCCCC63)C3CCCCC53)C3CCCCC43)C2C1.[O-2].[O-2].[Sn+4]. The van der Waals surface area contributed by atoms with Crippen LogP contribution in [0.25, 0.3) is 0 Å². The van der Waals surface area contributed by atoms with Crippen LogP contribution in [0.4, 0.5) is 0 Å². The molecule has 8 bridgehead atoms. The van der Waals surface area contributed by atoms with Crippen LogP contribution in [0.3, 0.4) is 0 Å². The Morgan fingerprint density at radius 2 is 0.349 bits per heavy atom. The Labute approximate surface area is 275 Å². The van der Waals surface area contributed by atoms with Crippen LogP contribution >= 0.6 is 0 Å². The molecule has 0 aromatic heterocycles. The summed E-state index contributed by atoms with van der Waals surface area (Å²) in [6.45, 7) is 0. The third-order valence-corrected chi connectivity index (χ3v) is 13.8. The third kappa shape index (κ3) is 5.89. The van der Waals surface area contributed by atoms with Crippen molar-refractivity contribution in [2.75, 3.05) is 0 Å². The molecule has 0 radical (unpaired) electrons. The van der Waals surface area contributed by atoms with Crippen molar-refractivity contribution >= 4 is 23.9 Å². The molecule has 5 saturated heterocycles. The van der Waals surface area contributed by atoms with E-state index in [1.807, 2.05) is 0 Å². The van der Waals surface area contributed by atoms with Crippen LogP contribution < -0.4 is 42.5 Å². The van der Waals surface area contributed by atoms with Gasteiger partial charge in [0.25, 0.3) is 0 Å². The van der Waals surface area contributed by atoms with E-state index < -0.39 is 0 Å². The zero-order chi connectivity index (χ0) is 26.2. The van der Waals surface area contributed by atoms with Gasteiger partial charge in [0, 0.05) is 0 Å². The summed E-state index contributed by atoms with van der Waals surface area (Å²) in [6.07, 6.45) is 25.6. The standard InChI is InChI=1S/C32H56N8.2O.Sn/c1-2-10-18-17(9-1)25-33-26(18)38-28-21-13-5-6-14-22(21)30(35-28)40-32-24-16-8-7-15-23(24)31(36-32)39-29-20-12-4-3-11-19(20)27(34-29)37-25;;;/h17-40H,1-16H2;;;/q;2*-2;+4. The second-order valence-corrected chi connectivity index (χ2v) is 15.6. The van der Waals surface area contributed by atoms with E-state index in [0.717, 1.165) is 47.3 Å². The summed E-state index contributed by atoms with van der Waals surface area (Å²) in [6, 6.07) is 0. The summed E-state index contributed by atoms with van der Waals surface area (Å²) in [7, 11) is 0. The minimum atomic E-state index is 0. The molecular weight excluding hydrogens is 647 g/mol. The first-order chi connectivity index (χ1) is 19.8. The summed E-state index contributed by atoms with van der Waals surface area (Å²) in [5.74, 6) is 5.97. The van der Waals surface area contributed by atoms with Crippen molar-refractivity contribution < 1.29 is 11.0 Å². The minimum Gasteiger partial charge on any atom is -2.00 e. The quantitative estimate of drug-likeness (QED) is 0.179. The van der Waals surface area contributed by atoms with Gasteiger partial charge in [0.15, 0.2) is 0 Å². The predicted molar refractivity (Wildman–Crippen MR) is 164 cm³/mol. The molecule has 240 valence electrons. The summed E-state index contributed by atoms with van der Waals surface area (Å²) >= 11 is 0. The minimum absolute atomic E-state index is 0. The molecule has 8 unspecified atom stereocenters. The molecule has 9 rings (SSSR count). The molecule has 4 saturated carbocycles. The van der Waals surface area contributed by atoms with Crippen LogP contribution in [0, 0.1) is 47.3 Å². The fraction of sp³-hybridized carbons (Fsp3) is 1.00. The number of hydrogen-bond donors (Lipinski definition) is 8. The Balaban J connectivity index is 0.00000110. The molecule has 5 aliphatic heterocycles. The van der Waals surface area contributed by atoms with Crippen LogP contribution in [0.2, 0.25) is 0 Å². The van der Waals surface area contributed by atoms with E-state index in [1.54, 1.807) is 0 Å². The van der Waals surface area contributed by atoms with Gasteiger partial charge in [-0.25, -0.2) is 0 Å². The zero-order valence-electron chi connectivity index (χ0n) is 25.9. The van der Waals surface area contributed by atoms with E-state index in [4.69, 9.17) is 0 Å². The Morgan fingerprint density at radius 1 is 0.233 bits per heavy atom. The van der Waals surface area contributed by atoms with Gasteiger partial charge in [0.1, 0.15) is 0 Å². The average molecular weight is 704 g/mol. The van der Waals surface area contributed by atoms with Gasteiger partial charge in [-0.05, 0) is 98.7 Å². The van der Waals surface area contributed by atoms with Gasteiger partial charge in [0.05, 0.1) is 49.3 Å².